The van der Waals surface area contributed by atoms with Gasteiger partial charge in [0, 0.05) is 17.6 Å². The molecule has 20 heavy (non-hydrogen) atoms. The third-order valence-corrected chi connectivity index (χ3v) is 4.93. The van der Waals surface area contributed by atoms with Crippen LogP contribution in [0.3, 0.4) is 0 Å². The summed E-state index contributed by atoms with van der Waals surface area (Å²) >= 11 is 3.80. The summed E-state index contributed by atoms with van der Waals surface area (Å²) in [7, 11) is 1.76. The SMILES string of the molecule is CON1CCC(c2ccc3ccccc3c2Br)CC1.Cl. The number of benzene rings is 2. The zero-order valence-corrected chi connectivity index (χ0v) is 13.9. The first-order valence-electron chi connectivity index (χ1n) is 6.76. The lowest BCUT2D eigenvalue weighted by Crippen LogP contribution is -2.32. The fourth-order valence-corrected chi connectivity index (χ4v) is 3.73. The van der Waals surface area contributed by atoms with Gasteiger partial charge in [0.1, 0.15) is 0 Å². The molecule has 0 aromatic heterocycles. The van der Waals surface area contributed by atoms with E-state index in [-0.39, 0.29) is 12.4 Å². The van der Waals surface area contributed by atoms with Crippen molar-refractivity contribution in [3.05, 3.63) is 46.4 Å². The van der Waals surface area contributed by atoms with E-state index in [1.54, 1.807) is 7.11 Å². The van der Waals surface area contributed by atoms with Crippen LogP contribution < -0.4 is 0 Å². The maximum Gasteiger partial charge on any atom is 0.0575 e. The second-order valence-corrected chi connectivity index (χ2v) is 5.87. The Kier molecular flexibility index (Phi) is 5.44. The van der Waals surface area contributed by atoms with Crippen LogP contribution in [0.15, 0.2) is 40.9 Å². The molecule has 2 nitrogen and oxygen atoms in total. The van der Waals surface area contributed by atoms with Crippen molar-refractivity contribution in [3.63, 3.8) is 0 Å². The van der Waals surface area contributed by atoms with Crippen molar-refractivity contribution in [2.75, 3.05) is 20.2 Å². The Morgan fingerprint density at radius 2 is 1.80 bits per heavy atom. The molecule has 1 heterocycles. The molecule has 0 spiro atoms. The van der Waals surface area contributed by atoms with Crippen LogP contribution in [0.4, 0.5) is 0 Å². The number of hydroxylamine groups is 2. The van der Waals surface area contributed by atoms with Crippen LogP contribution in [0, 0.1) is 0 Å². The lowest BCUT2D eigenvalue weighted by atomic mass is 9.89. The molecule has 0 amide bonds. The highest BCUT2D eigenvalue weighted by atomic mass is 79.9. The maximum absolute atomic E-state index is 5.30. The van der Waals surface area contributed by atoms with Gasteiger partial charge in [0.2, 0.25) is 0 Å². The van der Waals surface area contributed by atoms with Gasteiger partial charge in [-0.2, -0.15) is 5.06 Å². The number of fused-ring (bicyclic) bond motifs is 1. The Morgan fingerprint density at radius 1 is 1.10 bits per heavy atom. The molecule has 0 N–H and O–H groups in total. The molecule has 0 bridgehead atoms. The van der Waals surface area contributed by atoms with Gasteiger partial charge in [-0.3, -0.25) is 0 Å². The largest absolute Gasteiger partial charge is 0.302 e. The molecular weight excluding hydrogens is 338 g/mol. The molecule has 4 heteroatoms. The minimum absolute atomic E-state index is 0. The van der Waals surface area contributed by atoms with Crippen LogP contribution in [0.5, 0.6) is 0 Å². The van der Waals surface area contributed by atoms with Crippen LogP contribution in [0.2, 0.25) is 0 Å². The summed E-state index contributed by atoms with van der Waals surface area (Å²) in [5.41, 5.74) is 1.44. The summed E-state index contributed by atoms with van der Waals surface area (Å²) in [6.45, 7) is 2.03. The molecule has 1 aliphatic rings. The number of nitrogens with zero attached hydrogens (tertiary/aromatic N) is 1. The number of rotatable bonds is 2. The van der Waals surface area contributed by atoms with Crippen LogP contribution in [0.1, 0.15) is 24.3 Å². The molecule has 1 aliphatic heterocycles. The van der Waals surface area contributed by atoms with E-state index in [1.165, 1.54) is 20.8 Å². The van der Waals surface area contributed by atoms with Gasteiger partial charge in [0.05, 0.1) is 7.11 Å². The van der Waals surface area contributed by atoms with Crippen LogP contribution in [-0.4, -0.2) is 25.3 Å². The normalized spacial score (nSPS) is 17.1. The number of hydrogen-bond acceptors (Lipinski definition) is 2. The molecule has 2 aromatic rings. The van der Waals surface area contributed by atoms with E-state index >= 15 is 0 Å². The van der Waals surface area contributed by atoms with Crippen molar-refractivity contribution >= 4 is 39.1 Å². The minimum Gasteiger partial charge on any atom is -0.302 e. The van der Waals surface area contributed by atoms with Gasteiger partial charge in [-0.25, -0.2) is 0 Å². The van der Waals surface area contributed by atoms with Crippen LogP contribution in [0.25, 0.3) is 10.8 Å². The predicted octanol–water partition coefficient (Wildman–Crippen LogP) is 4.76. The van der Waals surface area contributed by atoms with Gasteiger partial charge >= 0.3 is 0 Å². The molecule has 0 atom stereocenters. The number of halogens is 2. The van der Waals surface area contributed by atoms with Gasteiger partial charge < -0.3 is 4.84 Å². The fourth-order valence-electron chi connectivity index (χ4n) is 2.92. The first kappa shape index (κ1) is 15.8. The number of hydrogen-bond donors (Lipinski definition) is 0. The quantitative estimate of drug-likeness (QED) is 0.769. The molecule has 0 unspecified atom stereocenters. The molecule has 0 radical (unpaired) electrons. The zero-order chi connectivity index (χ0) is 13.2. The van der Waals surface area contributed by atoms with Gasteiger partial charge in [-0.15, -0.1) is 12.4 Å². The van der Waals surface area contributed by atoms with Gasteiger partial charge in [0.25, 0.3) is 0 Å². The highest BCUT2D eigenvalue weighted by Gasteiger charge is 2.22. The summed E-state index contributed by atoms with van der Waals surface area (Å²) in [6, 6.07) is 13.1. The Bertz CT molecular complexity index is 582. The molecule has 108 valence electrons. The molecule has 2 aromatic carbocycles. The van der Waals surface area contributed by atoms with E-state index in [0.29, 0.717) is 5.92 Å². The minimum atomic E-state index is 0. The summed E-state index contributed by atoms with van der Waals surface area (Å²) in [5, 5.41) is 4.66. The van der Waals surface area contributed by atoms with E-state index in [4.69, 9.17) is 4.84 Å². The molecule has 0 saturated carbocycles. The topological polar surface area (TPSA) is 12.5 Å². The summed E-state index contributed by atoms with van der Waals surface area (Å²) in [6.07, 6.45) is 2.32. The molecular formula is C16H19BrClNO. The Labute approximate surface area is 134 Å². The monoisotopic (exact) mass is 355 g/mol. The lowest BCUT2D eigenvalue weighted by molar-refractivity contribution is -0.143. The fraction of sp³-hybridized carbons (Fsp3) is 0.375. The third-order valence-electron chi connectivity index (χ3n) is 4.05. The van der Waals surface area contributed by atoms with E-state index in [0.717, 1.165) is 25.9 Å². The third kappa shape index (κ3) is 3.01. The Morgan fingerprint density at radius 3 is 2.50 bits per heavy atom. The van der Waals surface area contributed by atoms with E-state index < -0.39 is 0 Å². The average Bonchev–Trinajstić information content (AvgIpc) is 2.48. The van der Waals surface area contributed by atoms with Crippen molar-refractivity contribution in [2.24, 2.45) is 0 Å². The molecule has 0 aliphatic carbocycles. The van der Waals surface area contributed by atoms with Crippen molar-refractivity contribution in [2.45, 2.75) is 18.8 Å². The molecule has 1 saturated heterocycles. The standard InChI is InChI=1S/C16H18BrNO.ClH/c1-19-18-10-8-13(9-11-18)15-7-6-12-4-2-3-5-14(12)16(15)17;/h2-7,13H,8-11H2,1H3;1H. The van der Waals surface area contributed by atoms with E-state index in [9.17, 15) is 0 Å². The summed E-state index contributed by atoms with van der Waals surface area (Å²) in [4.78, 5) is 5.30. The lowest BCUT2D eigenvalue weighted by Gasteiger charge is -2.30. The first-order valence-corrected chi connectivity index (χ1v) is 7.55. The zero-order valence-electron chi connectivity index (χ0n) is 11.5. The predicted molar refractivity (Wildman–Crippen MR) is 89.5 cm³/mol. The summed E-state index contributed by atoms with van der Waals surface area (Å²) in [5.74, 6) is 0.630. The maximum atomic E-state index is 5.30. The van der Waals surface area contributed by atoms with Gasteiger partial charge in [-0.1, -0.05) is 36.4 Å². The smallest absolute Gasteiger partial charge is 0.0575 e. The van der Waals surface area contributed by atoms with Crippen molar-refractivity contribution in [1.82, 2.24) is 5.06 Å². The Hall–Kier alpha value is -0.610. The second-order valence-electron chi connectivity index (χ2n) is 5.08. The average molecular weight is 357 g/mol. The van der Waals surface area contributed by atoms with Gasteiger partial charge in [-0.05, 0) is 51.0 Å². The highest BCUT2D eigenvalue weighted by Crippen LogP contribution is 2.36. The van der Waals surface area contributed by atoms with Crippen LogP contribution >= 0.6 is 28.3 Å². The Balaban J connectivity index is 0.00000147. The van der Waals surface area contributed by atoms with Crippen molar-refractivity contribution in [3.8, 4) is 0 Å². The highest BCUT2D eigenvalue weighted by molar-refractivity contribution is 9.10. The van der Waals surface area contributed by atoms with Gasteiger partial charge in [0.15, 0.2) is 0 Å². The second kappa shape index (κ2) is 6.90. The van der Waals surface area contributed by atoms with Crippen molar-refractivity contribution < 1.29 is 4.84 Å². The molecule has 3 rings (SSSR count). The first-order chi connectivity index (χ1) is 9.29. The number of piperidine rings is 1. The van der Waals surface area contributed by atoms with E-state index in [2.05, 4.69) is 52.3 Å². The van der Waals surface area contributed by atoms with Crippen LogP contribution in [-0.2, 0) is 4.84 Å². The van der Waals surface area contributed by atoms with E-state index in [1.807, 2.05) is 5.06 Å². The molecule has 1 fully saturated rings. The van der Waals surface area contributed by atoms with Crippen molar-refractivity contribution in [1.29, 1.82) is 0 Å². The summed E-state index contributed by atoms with van der Waals surface area (Å²) < 4.78 is 1.27.